The van der Waals surface area contributed by atoms with Crippen LogP contribution in [0, 0.1) is 26.7 Å². The van der Waals surface area contributed by atoms with Crippen molar-refractivity contribution in [3.8, 4) is 0 Å². The highest BCUT2D eigenvalue weighted by Crippen LogP contribution is 2.32. The minimum absolute atomic E-state index is 0.0212. The summed E-state index contributed by atoms with van der Waals surface area (Å²) in [6.07, 6.45) is 0.0586. The van der Waals surface area contributed by atoms with E-state index in [1.54, 1.807) is 0 Å². The number of aromatic nitrogens is 1. The fourth-order valence-corrected chi connectivity index (χ4v) is 4.93. The second-order valence-corrected chi connectivity index (χ2v) is 8.67. The highest BCUT2D eigenvalue weighted by molar-refractivity contribution is 7.20. The lowest BCUT2D eigenvalue weighted by molar-refractivity contribution is -0.0295. The Hall–Kier alpha value is -1.50. The summed E-state index contributed by atoms with van der Waals surface area (Å²) in [6.45, 7) is 14.8. The van der Waals surface area contributed by atoms with Crippen molar-refractivity contribution in [1.29, 1.82) is 0 Å². The Morgan fingerprint density at radius 2 is 2.19 bits per heavy atom. The van der Waals surface area contributed by atoms with E-state index in [0.717, 1.165) is 52.6 Å². The maximum Gasteiger partial charge on any atom is 0.261 e. The third-order valence-electron chi connectivity index (χ3n) is 4.77. The van der Waals surface area contributed by atoms with Crippen LogP contribution in [0.2, 0.25) is 0 Å². The first kappa shape index (κ1) is 19.3. The molecular weight excluding hydrogens is 346 g/mol. The molecule has 1 N–H and O–H groups in total. The van der Waals surface area contributed by atoms with Crippen LogP contribution in [-0.4, -0.2) is 54.7 Å². The minimum atomic E-state index is -0.0212. The Kier molecular flexibility index (Phi) is 5.95. The molecule has 1 atom stereocenters. The summed E-state index contributed by atoms with van der Waals surface area (Å²) in [5.41, 5.74) is 3.20. The van der Waals surface area contributed by atoms with E-state index in [4.69, 9.17) is 4.74 Å². The Morgan fingerprint density at radius 1 is 1.42 bits per heavy atom. The number of thiophene rings is 1. The quantitative estimate of drug-likeness (QED) is 0.871. The number of rotatable bonds is 5. The molecule has 2 aromatic rings. The molecule has 3 rings (SSSR count). The van der Waals surface area contributed by atoms with Crippen LogP contribution in [0.5, 0.6) is 0 Å². The van der Waals surface area contributed by atoms with Gasteiger partial charge in [0.1, 0.15) is 4.83 Å². The fraction of sp³-hybridized carbons (Fsp3) is 0.600. The zero-order valence-electron chi connectivity index (χ0n) is 16.4. The number of aryl methyl sites for hydroxylation is 3. The van der Waals surface area contributed by atoms with Gasteiger partial charge in [-0.25, -0.2) is 4.98 Å². The normalized spacial score (nSPS) is 18.6. The molecule has 3 heterocycles. The van der Waals surface area contributed by atoms with Gasteiger partial charge in [0.15, 0.2) is 0 Å². The van der Waals surface area contributed by atoms with Crippen molar-refractivity contribution >= 4 is 27.5 Å². The lowest BCUT2D eigenvalue weighted by Crippen LogP contribution is -2.48. The minimum Gasteiger partial charge on any atom is -0.374 e. The van der Waals surface area contributed by atoms with Crippen LogP contribution in [0.1, 0.15) is 40.3 Å². The van der Waals surface area contributed by atoms with Gasteiger partial charge in [-0.15, -0.1) is 11.3 Å². The van der Waals surface area contributed by atoms with Crippen molar-refractivity contribution in [2.24, 2.45) is 5.92 Å². The molecular formula is C20H29N3O2S. The van der Waals surface area contributed by atoms with Crippen LogP contribution in [0.25, 0.3) is 10.2 Å². The molecule has 1 saturated heterocycles. The third-order valence-corrected chi connectivity index (χ3v) is 5.95. The second kappa shape index (κ2) is 8.03. The van der Waals surface area contributed by atoms with E-state index in [0.29, 0.717) is 12.5 Å². The van der Waals surface area contributed by atoms with Crippen LogP contribution < -0.4 is 5.32 Å². The predicted octanol–water partition coefficient (Wildman–Crippen LogP) is 3.31. The molecule has 1 amide bonds. The first-order valence-electron chi connectivity index (χ1n) is 9.34. The van der Waals surface area contributed by atoms with Crippen molar-refractivity contribution in [2.75, 3.05) is 32.8 Å². The molecule has 0 saturated carbocycles. The predicted molar refractivity (Wildman–Crippen MR) is 107 cm³/mol. The lowest BCUT2D eigenvalue weighted by atomic mass is 10.1. The number of amides is 1. The number of fused-ring (bicyclic) bond motifs is 1. The molecule has 1 aliphatic rings. The van der Waals surface area contributed by atoms with Crippen LogP contribution >= 0.6 is 11.3 Å². The topological polar surface area (TPSA) is 54.5 Å². The number of carbonyl (C=O) groups is 1. The fourth-order valence-electron chi connectivity index (χ4n) is 3.71. The molecule has 1 fully saturated rings. The number of nitrogens with one attached hydrogen (secondary N) is 1. The number of hydrogen-bond acceptors (Lipinski definition) is 5. The zero-order chi connectivity index (χ0) is 18.8. The number of hydrogen-bond donors (Lipinski definition) is 1. The molecule has 142 valence electrons. The molecule has 0 aliphatic carbocycles. The molecule has 0 radical (unpaired) electrons. The van der Waals surface area contributed by atoms with Gasteiger partial charge in [0.2, 0.25) is 0 Å². The van der Waals surface area contributed by atoms with Gasteiger partial charge in [-0.1, -0.05) is 13.8 Å². The van der Waals surface area contributed by atoms with E-state index in [2.05, 4.69) is 42.0 Å². The monoisotopic (exact) mass is 375 g/mol. The third kappa shape index (κ3) is 4.24. The summed E-state index contributed by atoms with van der Waals surface area (Å²) < 4.78 is 5.83. The molecule has 0 aromatic carbocycles. The number of ether oxygens (including phenoxy) is 1. The molecule has 26 heavy (non-hydrogen) atoms. The molecule has 0 spiro atoms. The van der Waals surface area contributed by atoms with E-state index in [9.17, 15) is 4.79 Å². The molecule has 0 bridgehead atoms. The highest BCUT2D eigenvalue weighted by atomic mass is 32.1. The summed E-state index contributed by atoms with van der Waals surface area (Å²) in [5, 5.41) is 4.18. The van der Waals surface area contributed by atoms with Gasteiger partial charge in [0, 0.05) is 37.3 Å². The number of nitrogens with zero attached hydrogens (tertiary/aromatic N) is 2. The Bertz CT molecular complexity index is 800. The van der Waals surface area contributed by atoms with Crippen LogP contribution in [-0.2, 0) is 4.74 Å². The Balaban J connectivity index is 1.66. The van der Waals surface area contributed by atoms with Crippen molar-refractivity contribution in [1.82, 2.24) is 15.2 Å². The van der Waals surface area contributed by atoms with Crippen LogP contribution in [0.4, 0.5) is 0 Å². The van der Waals surface area contributed by atoms with Gasteiger partial charge in [-0.2, -0.15) is 0 Å². The smallest absolute Gasteiger partial charge is 0.261 e. The SMILES string of the molecule is Cc1cc(C)c2c(C)c(C(=O)NCC3CN(CC(C)C)CCO3)sc2n1. The van der Waals surface area contributed by atoms with E-state index in [1.807, 2.05) is 13.8 Å². The molecule has 1 aliphatic heterocycles. The van der Waals surface area contributed by atoms with Gasteiger partial charge in [-0.3, -0.25) is 9.69 Å². The van der Waals surface area contributed by atoms with Gasteiger partial charge >= 0.3 is 0 Å². The van der Waals surface area contributed by atoms with Gasteiger partial charge < -0.3 is 10.1 Å². The van der Waals surface area contributed by atoms with Crippen molar-refractivity contribution in [2.45, 2.75) is 40.7 Å². The summed E-state index contributed by atoms with van der Waals surface area (Å²) in [6, 6.07) is 2.07. The number of carbonyl (C=O) groups excluding carboxylic acids is 1. The van der Waals surface area contributed by atoms with E-state index in [-0.39, 0.29) is 12.0 Å². The highest BCUT2D eigenvalue weighted by Gasteiger charge is 2.23. The van der Waals surface area contributed by atoms with Gasteiger partial charge in [0.05, 0.1) is 17.6 Å². The van der Waals surface area contributed by atoms with Crippen molar-refractivity contribution in [3.63, 3.8) is 0 Å². The van der Waals surface area contributed by atoms with Gasteiger partial charge in [-0.05, 0) is 43.9 Å². The Morgan fingerprint density at radius 3 is 2.92 bits per heavy atom. The first-order valence-corrected chi connectivity index (χ1v) is 10.2. The molecule has 1 unspecified atom stereocenters. The number of pyridine rings is 1. The summed E-state index contributed by atoms with van der Waals surface area (Å²) in [4.78, 5) is 21.5. The number of morpholine rings is 1. The molecule has 6 heteroatoms. The second-order valence-electron chi connectivity index (χ2n) is 7.67. The average Bonchev–Trinajstić information content (AvgIpc) is 2.89. The molecule has 2 aromatic heterocycles. The summed E-state index contributed by atoms with van der Waals surface area (Å²) in [5.74, 6) is 0.621. The van der Waals surface area contributed by atoms with Crippen LogP contribution in [0.15, 0.2) is 6.07 Å². The molecule has 5 nitrogen and oxygen atoms in total. The maximum atomic E-state index is 12.7. The van der Waals surface area contributed by atoms with E-state index >= 15 is 0 Å². The van der Waals surface area contributed by atoms with E-state index < -0.39 is 0 Å². The largest absolute Gasteiger partial charge is 0.374 e. The zero-order valence-corrected chi connectivity index (χ0v) is 17.2. The van der Waals surface area contributed by atoms with Crippen molar-refractivity contribution in [3.05, 3.63) is 27.8 Å². The standard InChI is InChI=1S/C20H29N3O2S/c1-12(2)10-23-6-7-25-16(11-23)9-21-19(24)18-15(5)17-13(3)8-14(4)22-20(17)26-18/h8,12,16H,6-7,9-11H2,1-5H3,(H,21,24). The van der Waals surface area contributed by atoms with Crippen molar-refractivity contribution < 1.29 is 9.53 Å². The summed E-state index contributed by atoms with van der Waals surface area (Å²) in [7, 11) is 0. The Labute approximate surface area is 159 Å². The van der Waals surface area contributed by atoms with Gasteiger partial charge in [0.25, 0.3) is 5.91 Å². The summed E-state index contributed by atoms with van der Waals surface area (Å²) >= 11 is 1.48. The van der Waals surface area contributed by atoms with Crippen LogP contribution in [0.3, 0.4) is 0 Å². The average molecular weight is 376 g/mol. The van der Waals surface area contributed by atoms with E-state index in [1.165, 1.54) is 16.9 Å². The maximum absolute atomic E-state index is 12.7. The first-order chi connectivity index (χ1) is 12.3. The lowest BCUT2D eigenvalue weighted by Gasteiger charge is -2.33.